The summed E-state index contributed by atoms with van der Waals surface area (Å²) < 4.78 is 183. The van der Waals surface area contributed by atoms with E-state index in [1.807, 2.05) is 24.3 Å². The predicted molar refractivity (Wildman–Crippen MR) is 545 cm³/mol. The number of pyridine rings is 4. The second-order valence-electron chi connectivity index (χ2n) is 33.1. The van der Waals surface area contributed by atoms with Crippen LogP contribution in [0.2, 0.25) is 0 Å². The van der Waals surface area contributed by atoms with Crippen molar-refractivity contribution in [1.82, 2.24) is 119 Å². The van der Waals surface area contributed by atoms with Crippen LogP contribution in [0.5, 0.6) is 46.0 Å². The van der Waals surface area contributed by atoms with Crippen LogP contribution in [0.4, 0.5) is 0 Å². The van der Waals surface area contributed by atoms with Gasteiger partial charge < -0.3 is 56.8 Å². The van der Waals surface area contributed by atoms with Crippen LogP contribution >= 0.6 is 0 Å². The molecule has 12 heterocycles. The zero-order chi connectivity index (χ0) is 106. The predicted octanol–water partition coefficient (Wildman–Crippen LogP) is 12.5. The lowest BCUT2D eigenvalue weighted by Gasteiger charge is -2.22. The molecule has 16 aromatic rings. The van der Waals surface area contributed by atoms with Crippen molar-refractivity contribution in [2.45, 2.75) is 124 Å². The number of nitrogens with zero attached hydrogens (tertiary/aromatic N) is 24. The van der Waals surface area contributed by atoms with Crippen molar-refractivity contribution in [2.24, 2.45) is 0 Å². The van der Waals surface area contributed by atoms with Crippen LogP contribution in [0.25, 0.3) is 68.3 Å². The average Bonchev–Trinajstić information content (AvgIpc) is 1.52. The highest BCUT2D eigenvalue weighted by atomic mass is 32.2. The van der Waals surface area contributed by atoms with Gasteiger partial charge in [0.2, 0.25) is 0 Å². The van der Waals surface area contributed by atoms with Crippen molar-refractivity contribution >= 4 is 39.3 Å². The molecular weight excluding hydrogens is 1990 g/mol. The van der Waals surface area contributed by atoms with E-state index in [0.29, 0.717) is 137 Å². The highest BCUT2D eigenvalue weighted by Gasteiger charge is 2.41. The maximum Gasteiger partial charge on any atom is 0.170 e. The van der Waals surface area contributed by atoms with Gasteiger partial charge in [-0.25, -0.2) is 33.7 Å². The molecule has 0 radical (unpaired) electrons. The highest BCUT2D eigenvalue weighted by molar-refractivity contribution is 7.92. The fourth-order valence-electron chi connectivity index (χ4n) is 15.9. The quantitative estimate of drug-likeness (QED) is 0.0344. The van der Waals surface area contributed by atoms with Crippen molar-refractivity contribution in [1.29, 1.82) is 0 Å². The van der Waals surface area contributed by atoms with Crippen LogP contribution in [0.15, 0.2) is 220 Å². The van der Waals surface area contributed by atoms with E-state index in [0.717, 1.165) is 22.8 Å². The fourth-order valence-corrected chi connectivity index (χ4v) is 21.7. The van der Waals surface area contributed by atoms with E-state index < -0.39 is 108 Å². The van der Waals surface area contributed by atoms with E-state index in [1.165, 1.54) is 110 Å². The lowest BCUT2D eigenvalue weighted by molar-refractivity contribution is 0.0982. The molecule has 0 unspecified atom stereocenters. The standard InChI is InChI=1S/4C25H28N6O5S/c4*1-16-12-28-19(14-27-16)24(36-5)17(2)37(32,33)15-22-29-30-25(18-8-7-11-26-13-18)31(22)23-20(34-3)9-6-10-21(23)35-4/h4*6-14,17,24H,15H2,1-5H3/t2*17-,24+;2*17-,24-/m1010/s1. The Morgan fingerprint density at radius 1 is 0.236 bits per heavy atom. The van der Waals surface area contributed by atoms with Gasteiger partial charge in [0, 0.05) is 125 Å². The molecule has 776 valence electrons. The SMILES string of the molecule is COc1cccc(OC)c1-n1c(CS(=O)(=O)[C@@H](C)[C@@H](OC)c2cnc(C)cn2)nnc1-c1cccnc1.COc1cccc(OC)c1-n1c(CS(=O)(=O)[C@@H](C)[C@H](OC)c2cnc(C)cn2)nnc1-c1cccnc1.COc1cccc(OC)c1-n1c(CS(=O)(=O)[C@H](C)[C@@H](OC)c2cnc(C)cn2)nnc1-c1cccnc1.COc1cccc(OC)c1-n1c(CS(=O)(=O)[C@H](C)[C@H](OC)c2cnc(C)cn2)nnc1-c1cccnc1. The molecule has 44 nitrogen and oxygen atoms in total. The highest BCUT2D eigenvalue weighted by Crippen LogP contribution is 2.44. The summed E-state index contributed by atoms with van der Waals surface area (Å²) in [7, 11) is 2.64. The zero-order valence-electron chi connectivity index (χ0n) is 84.8. The lowest BCUT2D eigenvalue weighted by Crippen LogP contribution is -2.29. The average molecular weight is 2100 g/mol. The van der Waals surface area contributed by atoms with Crippen LogP contribution < -0.4 is 37.9 Å². The smallest absolute Gasteiger partial charge is 0.170 e. The van der Waals surface area contributed by atoms with Crippen molar-refractivity contribution in [3.8, 4) is 114 Å². The van der Waals surface area contributed by atoms with Crippen LogP contribution in [0.3, 0.4) is 0 Å². The van der Waals surface area contributed by atoms with Crippen LogP contribution in [-0.2, 0) is 81.3 Å². The Morgan fingerprint density at radius 3 is 0.561 bits per heavy atom. The fraction of sp³-hybridized carbons (Fsp3) is 0.320. The van der Waals surface area contributed by atoms with Gasteiger partial charge in [0.05, 0.1) is 148 Å². The van der Waals surface area contributed by atoms with Gasteiger partial charge >= 0.3 is 0 Å². The van der Waals surface area contributed by atoms with Crippen LogP contribution in [0.1, 0.15) is 121 Å². The van der Waals surface area contributed by atoms with E-state index >= 15 is 0 Å². The van der Waals surface area contributed by atoms with Gasteiger partial charge in [-0.05, 0) is 152 Å². The molecule has 48 heteroatoms. The third-order valence-electron chi connectivity index (χ3n) is 23.8. The molecule has 0 saturated carbocycles. The lowest BCUT2D eigenvalue weighted by atomic mass is 10.2. The molecule has 12 aromatic heterocycles. The second-order valence-corrected chi connectivity index (χ2v) is 42.5. The van der Waals surface area contributed by atoms with Crippen LogP contribution in [-0.4, -0.2) is 259 Å². The molecule has 0 fully saturated rings. The first kappa shape index (κ1) is 110. The molecule has 16 rings (SSSR count). The van der Waals surface area contributed by atoms with Crippen molar-refractivity contribution in [3.05, 3.63) is 289 Å². The Bertz CT molecular complexity index is 6650. The molecule has 148 heavy (non-hydrogen) atoms. The molecule has 0 N–H and O–H groups in total. The Morgan fingerprint density at radius 2 is 0.419 bits per heavy atom. The summed E-state index contributed by atoms with van der Waals surface area (Å²) in [5.41, 5.74) is 9.04. The second kappa shape index (κ2) is 49.5. The topological polar surface area (TPSA) is 525 Å². The first-order chi connectivity index (χ1) is 71.2. The molecule has 0 aliphatic heterocycles. The van der Waals surface area contributed by atoms with E-state index in [9.17, 15) is 33.7 Å². The van der Waals surface area contributed by atoms with Crippen molar-refractivity contribution in [2.75, 3.05) is 85.3 Å². The number of rotatable bonds is 40. The summed E-state index contributed by atoms with van der Waals surface area (Å²) in [6.45, 7) is 13.5. The van der Waals surface area contributed by atoms with E-state index in [2.05, 4.69) is 101 Å². The van der Waals surface area contributed by atoms with Crippen LogP contribution in [0, 0.1) is 27.7 Å². The van der Waals surface area contributed by atoms with Gasteiger partial charge in [-0.15, -0.1) is 40.8 Å². The monoisotopic (exact) mass is 2100 g/mol. The molecule has 0 saturated heterocycles. The summed E-state index contributed by atoms with van der Waals surface area (Å²) >= 11 is 0. The van der Waals surface area contributed by atoms with Gasteiger partial charge in [0.1, 0.15) is 116 Å². The number of hydrogen-bond acceptors (Lipinski definition) is 40. The molecule has 0 bridgehead atoms. The van der Waals surface area contributed by atoms with E-state index in [-0.39, 0.29) is 23.3 Å². The Balaban J connectivity index is 0.000000165. The number of benzene rings is 4. The van der Waals surface area contributed by atoms with Gasteiger partial charge in [0.15, 0.2) is 85.9 Å². The molecule has 0 spiro atoms. The number of para-hydroxylation sites is 4. The van der Waals surface area contributed by atoms with E-state index in [1.54, 1.807) is 245 Å². The summed E-state index contributed by atoms with van der Waals surface area (Å²) in [6.07, 6.45) is 22.2. The first-order valence-corrected chi connectivity index (χ1v) is 52.4. The Kier molecular flexibility index (Phi) is 36.7. The number of ether oxygens (including phenoxy) is 12. The summed E-state index contributed by atoms with van der Waals surface area (Å²) in [4.78, 5) is 50.9. The summed E-state index contributed by atoms with van der Waals surface area (Å²) in [5.74, 6) is 4.23. The largest absolute Gasteiger partial charge is 0.494 e. The number of hydrogen-bond donors (Lipinski definition) is 0. The molecule has 0 amide bonds. The van der Waals surface area contributed by atoms with Gasteiger partial charge in [-0.3, -0.25) is 78.1 Å². The number of aryl methyl sites for hydroxylation is 4. The van der Waals surface area contributed by atoms with Gasteiger partial charge in [0.25, 0.3) is 0 Å². The minimum Gasteiger partial charge on any atom is -0.494 e. The number of aromatic nitrogens is 24. The Labute approximate surface area is 856 Å². The normalized spacial score (nSPS) is 13.2. The number of sulfone groups is 4. The molecule has 0 aliphatic carbocycles. The third kappa shape index (κ3) is 24.9. The molecule has 8 atom stereocenters. The molecular formula is C100H112N24O20S4. The van der Waals surface area contributed by atoms with Crippen molar-refractivity contribution in [3.63, 3.8) is 0 Å². The maximum atomic E-state index is 13.7. The molecule has 0 aliphatic rings. The molecule has 4 aromatic carbocycles. The third-order valence-corrected chi connectivity index (χ3v) is 31.9. The van der Waals surface area contributed by atoms with Gasteiger partial charge in [-0.2, -0.15) is 0 Å². The summed E-state index contributed by atoms with van der Waals surface area (Å²) in [6, 6.07) is 35.4. The van der Waals surface area contributed by atoms with E-state index in [4.69, 9.17) is 56.8 Å². The zero-order valence-corrected chi connectivity index (χ0v) is 88.0. The Hall–Kier alpha value is -15.6. The maximum absolute atomic E-state index is 13.7. The van der Waals surface area contributed by atoms with Crippen molar-refractivity contribution < 1.29 is 90.5 Å². The minimum absolute atomic E-state index is 0.179. The van der Waals surface area contributed by atoms with Gasteiger partial charge in [-0.1, -0.05) is 24.3 Å². The minimum atomic E-state index is -3.83. The summed E-state index contributed by atoms with van der Waals surface area (Å²) in [5, 5.41) is 30.6. The first-order valence-electron chi connectivity index (χ1n) is 45.6. The number of methoxy groups -OCH3 is 12.